The number of ether oxygens (including phenoxy) is 1. The zero-order valence-corrected chi connectivity index (χ0v) is 12.7. The van der Waals surface area contributed by atoms with E-state index in [2.05, 4.69) is 5.32 Å². The van der Waals surface area contributed by atoms with Gasteiger partial charge >= 0.3 is 123 Å². The van der Waals surface area contributed by atoms with Gasteiger partial charge in [-0.1, -0.05) is 0 Å². The van der Waals surface area contributed by atoms with E-state index in [-0.39, 0.29) is 22.1 Å². The molecule has 0 aromatic heterocycles. The summed E-state index contributed by atoms with van der Waals surface area (Å²) in [5.41, 5.74) is -0.807. The van der Waals surface area contributed by atoms with Crippen molar-refractivity contribution in [2.75, 3.05) is 18.5 Å². The van der Waals surface area contributed by atoms with Crippen LogP contribution in [-0.4, -0.2) is 19.1 Å². The molecule has 0 atom stereocenters. The van der Waals surface area contributed by atoms with Crippen molar-refractivity contribution in [3.63, 3.8) is 0 Å². The molecule has 1 rings (SSSR count). The summed E-state index contributed by atoms with van der Waals surface area (Å²) < 4.78 is 32.0. The molecule has 6 heteroatoms. The van der Waals surface area contributed by atoms with Gasteiger partial charge in [-0.3, -0.25) is 0 Å². The monoisotopic (exact) mass is 304 g/mol. The van der Waals surface area contributed by atoms with E-state index in [1.54, 1.807) is 13.8 Å². The van der Waals surface area contributed by atoms with Crippen LogP contribution in [0.4, 0.5) is 14.5 Å². The number of hydrogen-bond acceptors (Lipinski definition) is 2. The minimum absolute atomic E-state index is 0.0199. The summed E-state index contributed by atoms with van der Waals surface area (Å²) in [6.07, 6.45) is 0. The van der Waals surface area contributed by atoms with Crippen molar-refractivity contribution in [1.29, 1.82) is 0 Å². The third-order valence-corrected chi connectivity index (χ3v) is 3.34. The van der Waals surface area contributed by atoms with Crippen molar-refractivity contribution < 1.29 is 38.7 Å². The van der Waals surface area contributed by atoms with Gasteiger partial charge in [-0.25, -0.2) is 0 Å². The number of halogens is 2. The fourth-order valence-corrected chi connectivity index (χ4v) is 1.70. The van der Waals surface area contributed by atoms with Crippen LogP contribution in [0.1, 0.15) is 20.8 Å². The van der Waals surface area contributed by atoms with Gasteiger partial charge in [0.05, 0.1) is 0 Å². The topological polar surface area (TPSA) is 38.3 Å². The van der Waals surface area contributed by atoms with Crippen LogP contribution in [0, 0.1) is 17.0 Å². The second kappa shape index (κ2) is 6.59. The van der Waals surface area contributed by atoms with Crippen molar-refractivity contribution in [2.24, 2.45) is 5.41 Å². The molecule has 0 aliphatic rings. The first kappa shape index (κ1) is 16.3. The molecule has 1 N–H and O–H groups in total. The first-order chi connectivity index (χ1) is 8.79. The Morgan fingerprint density at radius 2 is 2.05 bits per heavy atom. The fourth-order valence-electron chi connectivity index (χ4n) is 1.36. The van der Waals surface area contributed by atoms with E-state index in [9.17, 15) is 13.6 Å². The molecule has 0 saturated carbocycles. The van der Waals surface area contributed by atoms with Crippen molar-refractivity contribution in [1.82, 2.24) is 0 Å². The van der Waals surface area contributed by atoms with Gasteiger partial charge in [0.1, 0.15) is 0 Å². The van der Waals surface area contributed by atoms with Crippen LogP contribution in [0.2, 0.25) is 0 Å². The second-order valence-corrected chi connectivity index (χ2v) is 5.54. The van der Waals surface area contributed by atoms with Gasteiger partial charge < -0.3 is 0 Å². The van der Waals surface area contributed by atoms with E-state index >= 15 is 0 Å². The number of nitrogens with one attached hydrogen (secondary N) is 1. The summed E-state index contributed by atoms with van der Waals surface area (Å²) in [7, 11) is 0. The Bertz CT molecular complexity index is 478. The van der Waals surface area contributed by atoms with Crippen LogP contribution < -0.4 is 9.18 Å². The predicted octanol–water partition coefficient (Wildman–Crippen LogP) is 2.14. The van der Waals surface area contributed by atoms with Gasteiger partial charge in [-0.15, -0.1) is 0 Å². The van der Waals surface area contributed by atoms with Gasteiger partial charge in [0, 0.05) is 0 Å². The summed E-state index contributed by atoms with van der Waals surface area (Å²) in [6.45, 7) is 5.97. The molecule has 1 aromatic rings. The molecule has 0 saturated heterocycles. The first-order valence-electron chi connectivity index (χ1n) is 5.88. The summed E-state index contributed by atoms with van der Waals surface area (Å²) in [4.78, 5) is 12.0. The molecule has 1 aromatic carbocycles. The number of benzene rings is 1. The third-order valence-electron chi connectivity index (χ3n) is 2.62. The molecule has 1 amide bonds. The van der Waals surface area contributed by atoms with Gasteiger partial charge in [-0.05, 0) is 0 Å². The Morgan fingerprint density at radius 3 is 2.63 bits per heavy atom. The molecular weight excluding hydrogens is 288 g/mol. The predicted molar refractivity (Wildman–Crippen MR) is 64.9 cm³/mol. The quantitative estimate of drug-likeness (QED) is 0.847. The van der Waals surface area contributed by atoms with Crippen molar-refractivity contribution >= 4 is 15.5 Å². The zero-order valence-electron chi connectivity index (χ0n) is 11.1. The molecule has 0 aliphatic carbocycles. The van der Waals surface area contributed by atoms with Crippen molar-refractivity contribution in [2.45, 2.75) is 20.8 Å². The molecule has 0 heterocycles. The van der Waals surface area contributed by atoms with E-state index in [4.69, 9.17) is 4.74 Å². The average molecular weight is 304 g/mol. The molecular formula is C13H16F2NO2Ti. The fraction of sp³-hybridized carbons (Fsp3) is 0.462. The number of anilines is 1. The van der Waals surface area contributed by atoms with Crippen LogP contribution in [0.15, 0.2) is 12.1 Å². The number of hydrogen-bond donors (Lipinski definition) is 1. The molecule has 3 nitrogen and oxygen atoms in total. The van der Waals surface area contributed by atoms with E-state index in [0.717, 1.165) is 6.07 Å². The maximum atomic E-state index is 13.8. The van der Waals surface area contributed by atoms with Crippen LogP contribution in [0.25, 0.3) is 0 Å². The normalized spacial score (nSPS) is 11.4. The Hall–Kier alpha value is -0.776. The SMILES string of the molecule is CCOCC(C)(C)C(=O)Nc1ccc(F)[c]([Ti])c1F. The van der Waals surface area contributed by atoms with Crippen LogP contribution in [-0.2, 0) is 30.0 Å². The zero-order chi connectivity index (χ0) is 14.6. The molecule has 0 spiro atoms. The van der Waals surface area contributed by atoms with Crippen LogP contribution in [0.3, 0.4) is 0 Å². The summed E-state index contributed by atoms with van der Waals surface area (Å²) in [5, 5.41) is 2.47. The van der Waals surface area contributed by atoms with Crippen molar-refractivity contribution in [3.05, 3.63) is 23.8 Å². The number of rotatable bonds is 5. The minimum atomic E-state index is -0.787. The van der Waals surface area contributed by atoms with Gasteiger partial charge in [0.2, 0.25) is 0 Å². The number of carbonyl (C=O) groups is 1. The average Bonchev–Trinajstić information content (AvgIpc) is 2.37. The molecule has 0 radical (unpaired) electrons. The maximum absolute atomic E-state index is 13.8. The third kappa shape index (κ3) is 4.09. The second-order valence-electron chi connectivity index (χ2n) is 4.76. The molecule has 0 unspecified atom stereocenters. The Morgan fingerprint density at radius 1 is 1.42 bits per heavy atom. The van der Waals surface area contributed by atoms with E-state index in [1.165, 1.54) is 26.5 Å². The van der Waals surface area contributed by atoms with Gasteiger partial charge in [0.25, 0.3) is 0 Å². The molecule has 0 aliphatic heterocycles. The number of amides is 1. The molecule has 0 bridgehead atoms. The Labute approximate surface area is 123 Å². The van der Waals surface area contributed by atoms with E-state index < -0.39 is 17.0 Å². The van der Waals surface area contributed by atoms with Gasteiger partial charge in [0.15, 0.2) is 0 Å². The Balaban J connectivity index is 2.85. The summed E-state index contributed by atoms with van der Waals surface area (Å²) in [6, 6.07) is 2.34. The van der Waals surface area contributed by atoms with E-state index in [0.29, 0.717) is 6.61 Å². The summed E-state index contributed by atoms with van der Waals surface area (Å²) >= 11 is 1.33. The standard InChI is InChI=1S/C13H16F2NO2.Ti/c1-4-18-8-13(2,3)12(17)16-11-6-5-9(14)7-10(11)15;/h5-6H,4,8H2,1-3H3,(H,16,17);. The van der Waals surface area contributed by atoms with Crippen LogP contribution in [0.5, 0.6) is 0 Å². The van der Waals surface area contributed by atoms with Crippen LogP contribution >= 0.6 is 0 Å². The van der Waals surface area contributed by atoms with E-state index in [1.807, 2.05) is 6.92 Å². The molecule has 103 valence electrons. The van der Waals surface area contributed by atoms with Crippen molar-refractivity contribution in [3.8, 4) is 0 Å². The summed E-state index contributed by atoms with van der Waals surface area (Å²) in [5.74, 6) is -1.75. The molecule has 0 fully saturated rings. The Kier molecular flexibility index (Phi) is 5.65. The molecule has 19 heavy (non-hydrogen) atoms. The first-order valence-corrected chi connectivity index (χ1v) is 6.66. The van der Waals surface area contributed by atoms with Gasteiger partial charge in [-0.2, -0.15) is 0 Å². The number of carbonyl (C=O) groups excluding carboxylic acids is 1.